The minimum Gasteiger partial charge on any atom is -0.354 e. The number of hydrogen-bond acceptors (Lipinski definition) is 2. The molecule has 1 aliphatic heterocycles. The zero-order chi connectivity index (χ0) is 13.0. The molecule has 1 fully saturated rings. The first-order chi connectivity index (χ1) is 8.65. The van der Waals surface area contributed by atoms with Crippen LogP contribution in [0.4, 0.5) is 10.5 Å². The number of benzene rings is 1. The van der Waals surface area contributed by atoms with E-state index in [2.05, 4.69) is 16.0 Å². The highest BCUT2D eigenvalue weighted by Crippen LogP contribution is 2.20. The molecule has 0 saturated carbocycles. The Hall–Kier alpha value is -1.75. The van der Waals surface area contributed by atoms with Gasteiger partial charge in [0, 0.05) is 19.0 Å². The van der Waals surface area contributed by atoms with Crippen LogP contribution in [0.2, 0.25) is 5.02 Å². The van der Waals surface area contributed by atoms with E-state index < -0.39 is 0 Å². The number of piperidine rings is 1. The number of para-hydroxylation sites is 1. The Bertz CT molecular complexity index is 454. The van der Waals surface area contributed by atoms with Crippen LogP contribution in [0.5, 0.6) is 0 Å². The van der Waals surface area contributed by atoms with Gasteiger partial charge in [0.15, 0.2) is 0 Å². The van der Waals surface area contributed by atoms with Gasteiger partial charge in [0.1, 0.15) is 0 Å². The van der Waals surface area contributed by atoms with Crippen molar-refractivity contribution >= 4 is 29.2 Å². The van der Waals surface area contributed by atoms with Crippen LogP contribution < -0.4 is 16.0 Å². The average molecular weight is 268 g/mol. The Labute approximate surface area is 110 Å². The van der Waals surface area contributed by atoms with E-state index in [4.69, 9.17) is 11.6 Å². The Balaban J connectivity index is 1.86. The minimum absolute atomic E-state index is 0.0274. The zero-order valence-corrected chi connectivity index (χ0v) is 10.5. The summed E-state index contributed by atoms with van der Waals surface area (Å²) in [6.45, 7) is 0.467. The van der Waals surface area contributed by atoms with E-state index in [1.807, 2.05) is 0 Å². The molecule has 3 amide bonds. The second kappa shape index (κ2) is 5.73. The molecule has 0 aliphatic carbocycles. The molecular weight excluding hydrogens is 254 g/mol. The number of nitrogens with one attached hydrogen (secondary N) is 3. The van der Waals surface area contributed by atoms with Gasteiger partial charge in [-0.3, -0.25) is 4.79 Å². The standard InChI is InChI=1S/C12H14ClN3O2/c13-9-3-1-2-4-10(9)16-12(18)15-8-5-6-11(17)14-7-8/h1-4,8H,5-7H2,(H,14,17)(H2,15,16,18). The van der Waals surface area contributed by atoms with Gasteiger partial charge in [-0.15, -0.1) is 0 Å². The predicted octanol–water partition coefficient (Wildman–Crippen LogP) is 1.74. The van der Waals surface area contributed by atoms with Crippen LogP contribution in [0.1, 0.15) is 12.8 Å². The monoisotopic (exact) mass is 267 g/mol. The predicted molar refractivity (Wildman–Crippen MR) is 69.6 cm³/mol. The quantitative estimate of drug-likeness (QED) is 0.764. The summed E-state index contributed by atoms with van der Waals surface area (Å²) >= 11 is 5.93. The Morgan fingerprint density at radius 3 is 2.83 bits per heavy atom. The van der Waals surface area contributed by atoms with Crippen LogP contribution in [0.25, 0.3) is 0 Å². The van der Waals surface area contributed by atoms with Crippen molar-refractivity contribution in [2.75, 3.05) is 11.9 Å². The summed E-state index contributed by atoms with van der Waals surface area (Å²) in [4.78, 5) is 22.7. The number of anilines is 1. The first-order valence-corrected chi connectivity index (χ1v) is 6.11. The molecule has 5 nitrogen and oxygen atoms in total. The molecule has 6 heteroatoms. The highest BCUT2D eigenvalue weighted by molar-refractivity contribution is 6.33. The maximum atomic E-state index is 11.7. The average Bonchev–Trinajstić information content (AvgIpc) is 2.35. The van der Waals surface area contributed by atoms with E-state index in [-0.39, 0.29) is 18.0 Å². The number of amides is 3. The summed E-state index contributed by atoms with van der Waals surface area (Å²) < 4.78 is 0. The summed E-state index contributed by atoms with van der Waals surface area (Å²) in [5.41, 5.74) is 0.566. The molecule has 1 saturated heterocycles. The molecule has 0 radical (unpaired) electrons. The molecule has 1 aliphatic rings. The Kier molecular flexibility index (Phi) is 4.04. The summed E-state index contributed by atoms with van der Waals surface area (Å²) in [6, 6.07) is 6.67. The van der Waals surface area contributed by atoms with Crippen molar-refractivity contribution in [1.82, 2.24) is 10.6 Å². The minimum atomic E-state index is -0.316. The van der Waals surface area contributed by atoms with Gasteiger partial charge in [0.05, 0.1) is 10.7 Å². The second-order valence-corrected chi connectivity index (χ2v) is 4.53. The first kappa shape index (κ1) is 12.7. The van der Waals surface area contributed by atoms with Gasteiger partial charge in [-0.05, 0) is 18.6 Å². The molecule has 3 N–H and O–H groups in total. The number of halogens is 1. The van der Waals surface area contributed by atoms with Gasteiger partial charge in [0.25, 0.3) is 0 Å². The molecule has 96 valence electrons. The first-order valence-electron chi connectivity index (χ1n) is 5.74. The molecule has 1 aromatic carbocycles. The van der Waals surface area contributed by atoms with E-state index >= 15 is 0 Å². The van der Waals surface area contributed by atoms with E-state index in [0.717, 1.165) is 0 Å². The molecule has 1 heterocycles. The van der Waals surface area contributed by atoms with Crippen LogP contribution in [-0.2, 0) is 4.79 Å². The lowest BCUT2D eigenvalue weighted by molar-refractivity contribution is -0.122. The van der Waals surface area contributed by atoms with Crippen LogP contribution in [0.3, 0.4) is 0 Å². The van der Waals surface area contributed by atoms with Gasteiger partial charge in [-0.1, -0.05) is 23.7 Å². The summed E-state index contributed by atoms with van der Waals surface area (Å²) in [6.07, 6.45) is 1.10. The largest absolute Gasteiger partial charge is 0.354 e. The van der Waals surface area contributed by atoms with Crippen LogP contribution in [0, 0.1) is 0 Å². The lowest BCUT2D eigenvalue weighted by Gasteiger charge is -2.23. The van der Waals surface area contributed by atoms with Crippen molar-refractivity contribution < 1.29 is 9.59 Å². The van der Waals surface area contributed by atoms with E-state index in [1.165, 1.54) is 0 Å². The van der Waals surface area contributed by atoms with E-state index in [0.29, 0.717) is 30.1 Å². The van der Waals surface area contributed by atoms with Gasteiger partial charge in [0.2, 0.25) is 5.91 Å². The molecule has 1 atom stereocenters. The fourth-order valence-electron chi connectivity index (χ4n) is 1.76. The molecule has 2 rings (SSSR count). The van der Waals surface area contributed by atoms with Gasteiger partial charge in [-0.25, -0.2) is 4.79 Å². The number of carbonyl (C=O) groups excluding carboxylic acids is 2. The zero-order valence-electron chi connectivity index (χ0n) is 9.70. The molecule has 1 aromatic rings. The molecule has 0 spiro atoms. The topological polar surface area (TPSA) is 70.2 Å². The number of carbonyl (C=O) groups is 2. The third kappa shape index (κ3) is 3.37. The SMILES string of the molecule is O=C1CCC(NC(=O)Nc2ccccc2Cl)CN1. The molecule has 18 heavy (non-hydrogen) atoms. The van der Waals surface area contributed by atoms with E-state index in [9.17, 15) is 9.59 Å². The highest BCUT2D eigenvalue weighted by Gasteiger charge is 2.19. The Morgan fingerprint density at radius 1 is 1.39 bits per heavy atom. The normalized spacial score (nSPS) is 18.9. The molecule has 0 bridgehead atoms. The maximum Gasteiger partial charge on any atom is 0.319 e. The third-order valence-electron chi connectivity index (χ3n) is 2.72. The van der Waals surface area contributed by atoms with Crippen molar-refractivity contribution in [3.63, 3.8) is 0 Å². The highest BCUT2D eigenvalue weighted by atomic mass is 35.5. The van der Waals surface area contributed by atoms with Gasteiger partial charge >= 0.3 is 6.03 Å². The number of hydrogen-bond donors (Lipinski definition) is 3. The van der Waals surface area contributed by atoms with Crippen molar-refractivity contribution in [2.24, 2.45) is 0 Å². The molecule has 0 aromatic heterocycles. The maximum absolute atomic E-state index is 11.7. The van der Waals surface area contributed by atoms with Crippen molar-refractivity contribution in [2.45, 2.75) is 18.9 Å². The summed E-state index contributed by atoms with van der Waals surface area (Å²) in [5, 5.41) is 8.66. The summed E-state index contributed by atoms with van der Waals surface area (Å²) in [7, 11) is 0. The van der Waals surface area contributed by atoms with Gasteiger partial charge in [-0.2, -0.15) is 0 Å². The van der Waals surface area contributed by atoms with Crippen LogP contribution >= 0.6 is 11.6 Å². The van der Waals surface area contributed by atoms with Crippen molar-refractivity contribution in [3.05, 3.63) is 29.3 Å². The van der Waals surface area contributed by atoms with Crippen LogP contribution in [-0.4, -0.2) is 24.5 Å². The van der Waals surface area contributed by atoms with Crippen molar-refractivity contribution in [3.8, 4) is 0 Å². The van der Waals surface area contributed by atoms with Gasteiger partial charge < -0.3 is 16.0 Å². The van der Waals surface area contributed by atoms with Crippen LogP contribution in [0.15, 0.2) is 24.3 Å². The lowest BCUT2D eigenvalue weighted by Crippen LogP contribution is -2.48. The Morgan fingerprint density at radius 2 is 2.17 bits per heavy atom. The molecule has 1 unspecified atom stereocenters. The lowest BCUT2D eigenvalue weighted by atomic mass is 10.1. The second-order valence-electron chi connectivity index (χ2n) is 4.12. The van der Waals surface area contributed by atoms with Crippen molar-refractivity contribution in [1.29, 1.82) is 0 Å². The third-order valence-corrected chi connectivity index (χ3v) is 3.05. The number of urea groups is 1. The fourth-order valence-corrected chi connectivity index (χ4v) is 1.95. The fraction of sp³-hybridized carbons (Fsp3) is 0.333. The summed E-state index contributed by atoms with van der Waals surface area (Å²) in [5.74, 6) is 0.0274. The molecular formula is C12H14ClN3O2. The smallest absolute Gasteiger partial charge is 0.319 e. The van der Waals surface area contributed by atoms with E-state index in [1.54, 1.807) is 24.3 Å². The number of rotatable bonds is 2.